The van der Waals surface area contributed by atoms with Crippen LogP contribution in [0, 0.1) is 11.8 Å². The van der Waals surface area contributed by atoms with Crippen LogP contribution in [0.25, 0.3) is 0 Å². The van der Waals surface area contributed by atoms with E-state index in [-0.39, 0.29) is 24.6 Å². The van der Waals surface area contributed by atoms with Crippen LogP contribution in [-0.2, 0) is 21.0 Å². The molecule has 0 radical (unpaired) electrons. The van der Waals surface area contributed by atoms with Crippen molar-refractivity contribution in [2.75, 3.05) is 19.7 Å². The first kappa shape index (κ1) is 19.2. The van der Waals surface area contributed by atoms with Crippen molar-refractivity contribution in [2.24, 2.45) is 0 Å². The molecule has 7 nitrogen and oxygen atoms in total. The molecule has 7 heteroatoms. The van der Waals surface area contributed by atoms with E-state index in [1.165, 1.54) is 12.0 Å². The predicted octanol–water partition coefficient (Wildman–Crippen LogP) is 0.776. The number of benzene rings is 1. The van der Waals surface area contributed by atoms with E-state index in [0.717, 1.165) is 12.0 Å². The fraction of sp³-hybridized carbons (Fsp3) is 0.316. The van der Waals surface area contributed by atoms with Gasteiger partial charge in [-0.3, -0.25) is 19.2 Å². The summed E-state index contributed by atoms with van der Waals surface area (Å²) < 4.78 is 0. The molecule has 2 rings (SSSR count). The highest BCUT2D eigenvalue weighted by molar-refractivity contribution is 5.96. The standard InChI is InChI=1S/C19H21N3O4/c1-14(20-10-5-9-18(24)22-11-6-12-26-22)19(25)21-13-16-7-3-4-8-17(16)15(2)23/h3-4,7-8,20H,1,6,10-13H2,2H3,(H,21,25). The molecule has 0 aromatic heterocycles. The van der Waals surface area contributed by atoms with E-state index in [2.05, 4.69) is 29.1 Å². The van der Waals surface area contributed by atoms with Crippen LogP contribution in [0.1, 0.15) is 29.3 Å². The molecule has 0 bridgehead atoms. The van der Waals surface area contributed by atoms with Gasteiger partial charge in [0.25, 0.3) is 5.91 Å². The zero-order valence-corrected chi connectivity index (χ0v) is 14.6. The summed E-state index contributed by atoms with van der Waals surface area (Å²) in [5, 5.41) is 6.66. The number of rotatable bonds is 6. The van der Waals surface area contributed by atoms with Gasteiger partial charge in [-0.1, -0.05) is 36.8 Å². The van der Waals surface area contributed by atoms with Crippen molar-refractivity contribution in [3.63, 3.8) is 0 Å². The lowest BCUT2D eigenvalue weighted by molar-refractivity contribution is -0.161. The van der Waals surface area contributed by atoms with Crippen molar-refractivity contribution in [2.45, 2.75) is 19.9 Å². The number of carbonyl (C=O) groups excluding carboxylic acids is 3. The Morgan fingerprint density at radius 2 is 2.04 bits per heavy atom. The smallest absolute Gasteiger partial charge is 0.322 e. The Balaban J connectivity index is 1.77. The van der Waals surface area contributed by atoms with Crippen molar-refractivity contribution in [3.05, 3.63) is 47.7 Å². The lowest BCUT2D eigenvalue weighted by Gasteiger charge is -2.10. The molecule has 1 fully saturated rings. The first-order valence-electron chi connectivity index (χ1n) is 8.22. The number of ketones is 1. The van der Waals surface area contributed by atoms with Crippen LogP contribution >= 0.6 is 0 Å². The topological polar surface area (TPSA) is 87.7 Å². The lowest BCUT2D eigenvalue weighted by atomic mass is 10.0. The maximum Gasteiger partial charge on any atom is 0.322 e. The van der Waals surface area contributed by atoms with Crippen LogP contribution < -0.4 is 10.6 Å². The van der Waals surface area contributed by atoms with Gasteiger partial charge in [0.2, 0.25) is 0 Å². The van der Waals surface area contributed by atoms with Gasteiger partial charge in [0.1, 0.15) is 0 Å². The van der Waals surface area contributed by atoms with Gasteiger partial charge >= 0.3 is 5.91 Å². The van der Waals surface area contributed by atoms with E-state index in [0.29, 0.717) is 18.7 Å². The van der Waals surface area contributed by atoms with Crippen molar-refractivity contribution in [1.29, 1.82) is 0 Å². The molecule has 2 N–H and O–H groups in total. The number of amides is 2. The zero-order chi connectivity index (χ0) is 18.9. The fourth-order valence-corrected chi connectivity index (χ4v) is 2.32. The maximum absolute atomic E-state index is 12.0. The van der Waals surface area contributed by atoms with Gasteiger partial charge in [-0.2, -0.15) is 0 Å². The molecule has 0 aliphatic carbocycles. The SMILES string of the molecule is C=C(NCC#CC(=O)N1CCCO1)C(=O)NCc1ccccc1C(C)=O. The Morgan fingerprint density at radius 1 is 1.27 bits per heavy atom. The van der Waals surface area contributed by atoms with Gasteiger partial charge < -0.3 is 10.6 Å². The minimum absolute atomic E-state index is 0.0614. The van der Waals surface area contributed by atoms with Gasteiger partial charge in [-0.15, -0.1) is 0 Å². The van der Waals surface area contributed by atoms with Gasteiger partial charge in [0.05, 0.1) is 25.4 Å². The average Bonchev–Trinajstić information content (AvgIpc) is 3.17. The van der Waals surface area contributed by atoms with E-state index < -0.39 is 11.8 Å². The molecule has 1 heterocycles. The highest BCUT2D eigenvalue weighted by Gasteiger charge is 2.16. The van der Waals surface area contributed by atoms with Crippen molar-refractivity contribution < 1.29 is 19.2 Å². The Kier molecular flexibility index (Phi) is 6.94. The van der Waals surface area contributed by atoms with E-state index in [1.54, 1.807) is 24.3 Å². The number of nitrogens with zero attached hydrogens (tertiary/aromatic N) is 1. The molecule has 1 saturated heterocycles. The Bertz CT molecular complexity index is 770. The largest absolute Gasteiger partial charge is 0.370 e. The van der Waals surface area contributed by atoms with E-state index in [1.807, 2.05) is 0 Å². The van der Waals surface area contributed by atoms with Crippen LogP contribution in [0.4, 0.5) is 0 Å². The molecule has 0 atom stereocenters. The summed E-state index contributed by atoms with van der Waals surface area (Å²) in [7, 11) is 0. The predicted molar refractivity (Wildman–Crippen MR) is 95.5 cm³/mol. The summed E-state index contributed by atoms with van der Waals surface area (Å²) in [4.78, 5) is 40.3. The monoisotopic (exact) mass is 355 g/mol. The summed E-state index contributed by atoms with van der Waals surface area (Å²) in [5.74, 6) is 4.20. The molecule has 0 spiro atoms. The van der Waals surface area contributed by atoms with Crippen molar-refractivity contribution in [1.82, 2.24) is 15.7 Å². The van der Waals surface area contributed by atoms with Crippen LogP contribution in [-0.4, -0.2) is 42.4 Å². The third kappa shape index (κ3) is 5.46. The van der Waals surface area contributed by atoms with Crippen LogP contribution in [0.2, 0.25) is 0 Å². The second-order valence-corrected chi connectivity index (χ2v) is 5.62. The number of Topliss-reactive ketones (excluding diaryl/α,β-unsaturated/α-hetero) is 1. The Labute approximate surface area is 152 Å². The molecule has 1 aromatic carbocycles. The van der Waals surface area contributed by atoms with Crippen LogP contribution in [0.3, 0.4) is 0 Å². The summed E-state index contributed by atoms with van der Waals surface area (Å²) in [6.45, 7) is 6.50. The molecule has 0 saturated carbocycles. The fourth-order valence-electron chi connectivity index (χ4n) is 2.32. The van der Waals surface area contributed by atoms with Gasteiger partial charge in [-0.05, 0) is 24.8 Å². The number of hydroxylamine groups is 2. The van der Waals surface area contributed by atoms with E-state index in [9.17, 15) is 14.4 Å². The van der Waals surface area contributed by atoms with E-state index >= 15 is 0 Å². The quantitative estimate of drug-likeness (QED) is 0.447. The van der Waals surface area contributed by atoms with E-state index in [4.69, 9.17) is 4.84 Å². The average molecular weight is 355 g/mol. The highest BCUT2D eigenvalue weighted by atomic mass is 16.7. The molecule has 1 aliphatic heterocycles. The molecular formula is C19H21N3O4. The van der Waals surface area contributed by atoms with Gasteiger partial charge in [-0.25, -0.2) is 5.06 Å². The van der Waals surface area contributed by atoms with Crippen LogP contribution in [0.15, 0.2) is 36.5 Å². The summed E-state index contributed by atoms with van der Waals surface area (Å²) in [5.41, 5.74) is 1.43. The second-order valence-electron chi connectivity index (χ2n) is 5.62. The summed E-state index contributed by atoms with van der Waals surface area (Å²) in [6, 6.07) is 7.08. The molecule has 1 aromatic rings. The van der Waals surface area contributed by atoms with Crippen LogP contribution in [0.5, 0.6) is 0 Å². The lowest BCUT2D eigenvalue weighted by Crippen LogP contribution is -2.31. The third-order valence-corrected chi connectivity index (χ3v) is 3.67. The zero-order valence-electron chi connectivity index (χ0n) is 14.6. The Hall–Kier alpha value is -3.11. The first-order valence-corrected chi connectivity index (χ1v) is 8.22. The molecule has 26 heavy (non-hydrogen) atoms. The molecular weight excluding hydrogens is 334 g/mol. The molecule has 2 amide bonds. The third-order valence-electron chi connectivity index (χ3n) is 3.67. The molecule has 136 valence electrons. The summed E-state index contributed by atoms with van der Waals surface area (Å²) in [6.07, 6.45) is 0.801. The van der Waals surface area contributed by atoms with Crippen molar-refractivity contribution in [3.8, 4) is 11.8 Å². The number of nitrogens with one attached hydrogen (secondary N) is 2. The molecule has 1 aliphatic rings. The normalized spacial score (nSPS) is 12.7. The second kappa shape index (κ2) is 9.39. The number of hydrogen-bond donors (Lipinski definition) is 2. The molecule has 0 unspecified atom stereocenters. The number of carbonyl (C=O) groups is 3. The van der Waals surface area contributed by atoms with Gasteiger partial charge in [0.15, 0.2) is 5.78 Å². The minimum atomic E-state index is -0.403. The van der Waals surface area contributed by atoms with Crippen molar-refractivity contribution >= 4 is 17.6 Å². The maximum atomic E-state index is 12.0. The minimum Gasteiger partial charge on any atom is -0.370 e. The highest BCUT2D eigenvalue weighted by Crippen LogP contribution is 2.09. The first-order chi connectivity index (χ1) is 12.5. The summed E-state index contributed by atoms with van der Waals surface area (Å²) >= 11 is 0. The number of hydrogen-bond acceptors (Lipinski definition) is 5. The van der Waals surface area contributed by atoms with Gasteiger partial charge in [0, 0.05) is 12.1 Å². The Morgan fingerprint density at radius 3 is 2.73 bits per heavy atom.